The molecule has 1 unspecified atom stereocenters. The van der Waals surface area contributed by atoms with Crippen molar-refractivity contribution in [2.24, 2.45) is 5.41 Å². The molecule has 1 aromatic heterocycles. The largest absolute Gasteiger partial charge is 0.501 e. The fraction of sp³-hybridized carbons (Fsp3) is 0.414. The molecular formula is C58H66ClF4N9O7S3. The molecule has 4 aromatic carbocycles. The standard InChI is InChI=1S/C58H66ClF4N9O7S3/c1-57(2)22-20-49(39-8-12-43(59)13-9-39)42(34-57)37-71-28-30-72(31-29-71)46-14-10-40(11-15-46)55(74)68-82(78,79)48-16-17-50(52(33-48)81(76,77)58(61,62)63)65-45(38-80-47-6-4-3-5-7-47)21-23-69-24-26-70(27-25-69)36-41-32-44(60)35-64-54(41)66-51-18-19-53(73)67-56(51)75/h3-17,32-33,35,45,51,65H,18-31,34,36-38H2,1-2H3,(H,64,66)(H,68,74)(H,67,73,75)/t45-,51?/m1/s1. The van der Waals surface area contributed by atoms with Crippen LogP contribution < -0.4 is 25.6 Å². The van der Waals surface area contributed by atoms with Gasteiger partial charge >= 0.3 is 5.51 Å². The summed E-state index contributed by atoms with van der Waals surface area (Å²) >= 11 is 7.61. The molecule has 4 heterocycles. The number of piperidine rings is 1. The van der Waals surface area contributed by atoms with E-state index in [9.17, 15) is 48.8 Å². The normalized spacial score (nSPS) is 19.2. The Hall–Kier alpha value is -6.08. The van der Waals surface area contributed by atoms with Crippen LogP contribution in [0.25, 0.3) is 5.57 Å². The molecule has 2 atom stereocenters. The summed E-state index contributed by atoms with van der Waals surface area (Å²) in [5, 5.41) is 9.06. The van der Waals surface area contributed by atoms with Gasteiger partial charge in [0.2, 0.25) is 11.8 Å². The lowest BCUT2D eigenvalue weighted by molar-refractivity contribution is -0.133. The van der Waals surface area contributed by atoms with Crippen LogP contribution in [-0.4, -0.2) is 143 Å². The van der Waals surface area contributed by atoms with Gasteiger partial charge in [0.1, 0.15) is 22.6 Å². The van der Waals surface area contributed by atoms with Gasteiger partial charge in [-0.25, -0.2) is 30.9 Å². The van der Waals surface area contributed by atoms with Crippen LogP contribution in [0.4, 0.5) is 34.8 Å². The predicted octanol–water partition coefficient (Wildman–Crippen LogP) is 9.07. The number of carbonyl (C=O) groups excluding carboxylic acids is 3. The molecule has 0 saturated carbocycles. The van der Waals surface area contributed by atoms with E-state index >= 15 is 0 Å². The van der Waals surface area contributed by atoms with Crippen molar-refractivity contribution >= 4 is 83.7 Å². The highest BCUT2D eigenvalue weighted by atomic mass is 35.5. The number of sulfonamides is 1. The van der Waals surface area contributed by atoms with Crippen LogP contribution in [0.1, 0.15) is 73.9 Å². The SMILES string of the molecule is CC1(C)CCC(c2ccc(Cl)cc2)=C(CN2CCN(c3ccc(C(=O)NS(=O)(=O)c4ccc(N[C@H](CCN5CCN(Cc6cc(F)cnc6NC6CCC(=O)NC6=O)CC5)CSc5ccccc5)c(S(=O)(=O)C(F)(F)F)c4)cc3)CC2)C1. The number of hydrogen-bond donors (Lipinski definition) is 4. The smallest absolute Gasteiger partial charge is 0.380 e. The molecule has 438 valence electrons. The molecule has 5 aromatic rings. The maximum absolute atomic E-state index is 14.5. The van der Waals surface area contributed by atoms with Gasteiger partial charge in [0, 0.05) is 117 Å². The van der Waals surface area contributed by atoms with Crippen molar-refractivity contribution in [3.05, 3.63) is 142 Å². The first-order valence-corrected chi connectivity index (χ1v) is 31.5. The maximum Gasteiger partial charge on any atom is 0.501 e. The van der Waals surface area contributed by atoms with Crippen LogP contribution in [0.2, 0.25) is 5.02 Å². The highest BCUT2D eigenvalue weighted by Crippen LogP contribution is 2.43. The second kappa shape index (κ2) is 25.8. The van der Waals surface area contributed by atoms with E-state index < -0.39 is 70.6 Å². The number of nitrogens with zero attached hydrogens (tertiary/aromatic N) is 5. The van der Waals surface area contributed by atoms with Crippen LogP contribution in [0.3, 0.4) is 0 Å². The molecule has 16 nitrogen and oxygen atoms in total. The molecule has 3 aliphatic heterocycles. The number of benzene rings is 4. The second-order valence-corrected chi connectivity index (χ2v) is 27.1. The summed E-state index contributed by atoms with van der Waals surface area (Å²) in [6.07, 6.45) is 4.89. The Morgan fingerprint density at radius 3 is 2.20 bits per heavy atom. The zero-order chi connectivity index (χ0) is 58.4. The summed E-state index contributed by atoms with van der Waals surface area (Å²) in [4.78, 5) is 49.4. The first kappa shape index (κ1) is 60.5. The minimum absolute atomic E-state index is 0.0357. The quantitative estimate of drug-likeness (QED) is 0.0327. The summed E-state index contributed by atoms with van der Waals surface area (Å²) in [6, 6.07) is 25.9. The molecule has 0 bridgehead atoms. The van der Waals surface area contributed by atoms with Crippen molar-refractivity contribution in [2.75, 3.05) is 86.7 Å². The number of thioether (sulfide) groups is 1. The molecule has 0 spiro atoms. The molecule has 24 heteroatoms. The van der Waals surface area contributed by atoms with Crippen LogP contribution in [0.15, 0.2) is 130 Å². The third-order valence-electron chi connectivity index (χ3n) is 15.4. The third-order valence-corrected chi connectivity index (χ3v) is 19.7. The number of hydrogen-bond acceptors (Lipinski definition) is 15. The monoisotopic (exact) mass is 1210 g/mol. The molecular weight excluding hydrogens is 1140 g/mol. The number of anilines is 3. The number of allylic oxidation sites excluding steroid dienone is 1. The van der Waals surface area contributed by atoms with Crippen molar-refractivity contribution < 1.29 is 48.8 Å². The van der Waals surface area contributed by atoms with Gasteiger partial charge in [-0.05, 0) is 121 Å². The lowest BCUT2D eigenvalue weighted by Gasteiger charge is -2.39. The molecule has 3 fully saturated rings. The Kier molecular flexibility index (Phi) is 19.1. The van der Waals surface area contributed by atoms with E-state index in [0.717, 1.165) is 67.8 Å². The van der Waals surface area contributed by atoms with Crippen LogP contribution in [-0.2, 0) is 36.0 Å². The van der Waals surface area contributed by atoms with Crippen LogP contribution in [0, 0.1) is 11.2 Å². The van der Waals surface area contributed by atoms with E-state index in [2.05, 4.69) is 66.5 Å². The van der Waals surface area contributed by atoms with Gasteiger partial charge in [-0.2, -0.15) is 13.2 Å². The highest BCUT2D eigenvalue weighted by molar-refractivity contribution is 7.99. The lowest BCUT2D eigenvalue weighted by atomic mass is 9.73. The van der Waals surface area contributed by atoms with Crippen molar-refractivity contribution in [1.82, 2.24) is 29.7 Å². The molecule has 3 amide bonds. The van der Waals surface area contributed by atoms with Crippen molar-refractivity contribution in [2.45, 2.75) is 91.2 Å². The molecule has 3 saturated heterocycles. The molecule has 82 heavy (non-hydrogen) atoms. The Morgan fingerprint density at radius 1 is 0.841 bits per heavy atom. The van der Waals surface area contributed by atoms with Gasteiger partial charge in [-0.3, -0.25) is 29.5 Å². The highest BCUT2D eigenvalue weighted by Gasteiger charge is 2.48. The summed E-state index contributed by atoms with van der Waals surface area (Å²) in [7, 11) is -11.1. The Labute approximate surface area is 485 Å². The minimum atomic E-state index is -6.16. The molecule has 9 rings (SSSR count). The van der Waals surface area contributed by atoms with Crippen molar-refractivity contribution in [3.8, 4) is 0 Å². The Bertz CT molecular complexity index is 3380. The van der Waals surface area contributed by atoms with Crippen molar-refractivity contribution in [3.63, 3.8) is 0 Å². The van der Waals surface area contributed by atoms with Gasteiger partial charge < -0.3 is 20.4 Å². The fourth-order valence-electron chi connectivity index (χ4n) is 10.8. The van der Waals surface area contributed by atoms with E-state index in [1.807, 2.05) is 47.2 Å². The van der Waals surface area contributed by atoms with Gasteiger partial charge in [0.05, 0.1) is 16.8 Å². The minimum Gasteiger partial charge on any atom is -0.380 e. The topological polar surface area (TPSA) is 193 Å². The van der Waals surface area contributed by atoms with Gasteiger partial charge in [-0.15, -0.1) is 11.8 Å². The Morgan fingerprint density at radius 2 is 1.51 bits per heavy atom. The predicted molar refractivity (Wildman–Crippen MR) is 310 cm³/mol. The van der Waals surface area contributed by atoms with E-state index in [1.54, 1.807) is 12.1 Å². The summed E-state index contributed by atoms with van der Waals surface area (Å²) < 4.78 is 114. The average Bonchev–Trinajstić information content (AvgIpc) is 3.13. The summed E-state index contributed by atoms with van der Waals surface area (Å²) in [5.41, 5.74) is -0.766. The Balaban J connectivity index is 0.836. The summed E-state index contributed by atoms with van der Waals surface area (Å²) in [6.45, 7) is 11.4. The van der Waals surface area contributed by atoms with Gasteiger partial charge in [0.15, 0.2) is 0 Å². The zero-order valence-electron chi connectivity index (χ0n) is 45.5. The van der Waals surface area contributed by atoms with E-state index in [4.69, 9.17) is 11.6 Å². The van der Waals surface area contributed by atoms with Crippen LogP contribution in [0.5, 0.6) is 0 Å². The number of halogens is 5. The molecule has 0 radical (unpaired) electrons. The van der Waals surface area contributed by atoms with E-state index in [0.29, 0.717) is 81.2 Å². The molecule has 1 aliphatic carbocycles. The van der Waals surface area contributed by atoms with Crippen molar-refractivity contribution in [1.29, 1.82) is 0 Å². The number of nitrogens with one attached hydrogen (secondary N) is 4. The average molecular weight is 1210 g/mol. The number of pyridine rings is 1. The van der Waals surface area contributed by atoms with Gasteiger partial charge in [-0.1, -0.05) is 61.4 Å². The number of aromatic nitrogens is 1. The fourth-order valence-corrected chi connectivity index (χ4v) is 13.9. The number of carbonyl (C=O) groups is 3. The van der Waals surface area contributed by atoms with E-state index in [-0.39, 0.29) is 35.5 Å². The first-order valence-electron chi connectivity index (χ1n) is 27.2. The lowest BCUT2D eigenvalue weighted by Crippen LogP contribution is -2.48. The number of piperazine rings is 2. The number of sulfone groups is 1. The maximum atomic E-state index is 14.5. The number of rotatable bonds is 20. The summed E-state index contributed by atoms with van der Waals surface area (Å²) in [5.74, 6) is -1.87. The number of alkyl halides is 3. The molecule has 4 N–H and O–H groups in total. The zero-order valence-corrected chi connectivity index (χ0v) is 48.7. The second-order valence-electron chi connectivity index (χ2n) is 22.0. The first-order chi connectivity index (χ1) is 39.0. The van der Waals surface area contributed by atoms with Gasteiger partial charge in [0.25, 0.3) is 25.8 Å². The molecule has 4 aliphatic rings. The number of amides is 3. The van der Waals surface area contributed by atoms with Crippen LogP contribution >= 0.6 is 23.4 Å². The van der Waals surface area contributed by atoms with E-state index in [1.165, 1.54) is 46.7 Å². The number of imide groups is 1. The third kappa shape index (κ3) is 15.4.